The summed E-state index contributed by atoms with van der Waals surface area (Å²) in [6, 6.07) is 0. The molecule has 0 N–H and O–H groups in total. The first-order valence-electron chi connectivity index (χ1n) is 41.2. The van der Waals surface area contributed by atoms with Crippen molar-refractivity contribution >= 4 is 273 Å². The number of hydrogen-bond donors (Lipinski definition) is 0. The van der Waals surface area contributed by atoms with Crippen LogP contribution in [0, 0.1) is 0 Å². The van der Waals surface area contributed by atoms with Crippen molar-refractivity contribution in [3.05, 3.63) is 46.5 Å². The first-order valence-corrected chi connectivity index (χ1v) is 121. The summed E-state index contributed by atoms with van der Waals surface area (Å²) in [6.45, 7) is 133. The fraction of sp³-hybridized carbons (Fsp3) is 0.871. The lowest BCUT2D eigenvalue weighted by Gasteiger charge is -2.49. The second kappa shape index (κ2) is 47.1. The minimum Gasteiger partial charge on any atom is -0.465 e. The molecule has 0 spiro atoms. The molecule has 0 saturated heterocycles. The van der Waals surface area contributed by atoms with Gasteiger partial charge >= 0.3 is 62.4 Å². The normalized spacial score (nSPS) is 15.5. The van der Waals surface area contributed by atoms with Crippen LogP contribution in [0.5, 0.6) is 0 Å². The molecular formula is C62H186O24Si31. The van der Waals surface area contributed by atoms with Crippen LogP contribution in [0.4, 0.5) is 0 Å². The van der Waals surface area contributed by atoms with Crippen LogP contribution in [-0.4, -0.2) is 273 Å². The molecule has 0 aliphatic rings. The van der Waals surface area contributed by atoms with Crippen molar-refractivity contribution in [3.63, 3.8) is 0 Å². The summed E-state index contributed by atoms with van der Waals surface area (Å²) in [4.78, 5) is 3.05. The van der Waals surface area contributed by atoms with Crippen LogP contribution >= 0.6 is 0 Å². The molecule has 0 aromatic rings. The Kier molecular flexibility index (Phi) is 51.5. The predicted octanol–water partition coefficient (Wildman–Crippen LogP) is 16.4. The summed E-state index contributed by atoms with van der Waals surface area (Å²) in [5, 5.41) is 0. The van der Waals surface area contributed by atoms with Gasteiger partial charge in [0.25, 0.3) is 0 Å². The van der Waals surface area contributed by atoms with Crippen molar-refractivity contribution in [2.24, 2.45) is 0 Å². The van der Waals surface area contributed by atoms with E-state index >= 15 is 0 Å². The Labute approximate surface area is 764 Å². The average molecular weight is 2190 g/mol. The van der Waals surface area contributed by atoms with Gasteiger partial charge in [0.05, 0.1) is 0 Å². The molecule has 0 rings (SSSR count). The highest BCUT2D eigenvalue weighted by atomic mass is 28.6. The maximum atomic E-state index is 7.54. The van der Waals surface area contributed by atoms with Gasteiger partial charge in [-0.1, -0.05) is 19.7 Å². The molecule has 702 valence electrons. The lowest BCUT2D eigenvalue weighted by molar-refractivity contribution is 0.0510. The summed E-state index contributed by atoms with van der Waals surface area (Å²) in [6.07, 6.45) is 0. The van der Waals surface area contributed by atoms with Crippen molar-refractivity contribution in [1.29, 1.82) is 0 Å². The molecule has 117 heavy (non-hydrogen) atoms. The lowest BCUT2D eigenvalue weighted by atomic mass is 11.2. The average Bonchev–Trinajstić information content (AvgIpc) is 0.743. The number of hydrogen-bond acceptors (Lipinski definition) is 24. The molecule has 0 saturated carbocycles. The Bertz CT molecular complexity index is 2440. The summed E-state index contributed by atoms with van der Waals surface area (Å²) in [7, 11) is -64.6. The molecule has 0 bridgehead atoms. The van der Waals surface area contributed by atoms with Crippen molar-refractivity contribution in [1.82, 2.24) is 0 Å². The first-order chi connectivity index (χ1) is 50.4. The molecule has 0 amide bonds. The maximum Gasteiger partial charge on any atom is 0.640 e. The first kappa shape index (κ1) is 128. The molecule has 0 aromatic heterocycles. The Morgan fingerprint density at radius 1 is 0.179 bits per heavy atom. The van der Waals surface area contributed by atoms with Gasteiger partial charge in [0.2, 0.25) is 0 Å². The number of rotatable bonds is 52. The zero-order valence-electron chi connectivity index (χ0n) is 86.3. The van der Waals surface area contributed by atoms with Gasteiger partial charge in [-0.25, -0.2) is 0 Å². The molecule has 0 aliphatic heterocycles. The van der Waals surface area contributed by atoms with E-state index in [0.717, 1.165) is 45.9 Å². The molecule has 0 aliphatic carbocycles. The van der Waals surface area contributed by atoms with Gasteiger partial charge in [0.15, 0.2) is 179 Å². The van der Waals surface area contributed by atoms with E-state index in [0.29, 0.717) is 0 Å². The van der Waals surface area contributed by atoms with Crippen molar-refractivity contribution in [2.75, 3.05) is 0 Å². The van der Waals surface area contributed by atoms with Crippen LogP contribution in [0.25, 0.3) is 0 Å². The Balaban J connectivity index is -0.000000828. The van der Waals surface area contributed by atoms with Gasteiger partial charge in [-0.15, -0.1) is 6.58 Å². The van der Waals surface area contributed by atoms with E-state index in [4.69, 9.17) is 98.8 Å². The predicted molar refractivity (Wildman–Crippen MR) is 580 cm³/mol. The topological polar surface area (TPSA) is 222 Å². The standard InChI is InChI=1S/C29H84O12Si13.3C11H34O4Si6/c1-29-51(39-52(30-42(2,3)4,31-43(5,6)7)32-44(8,9)10,40-53(33-45(11,12)13,34-46(14,15)16)35-47(17,18)19)41-54(36-48(20,21)22,37-49(23,24)25)38-50(26,27)28;3*1-11(17-12-16)21(13-18(2,3)4,14-19(5,6)7)15-20(8,9)10/h29H,1H2,2-28H3;3*1,17H2,2-10,16H3. The van der Waals surface area contributed by atoms with E-state index in [1.807, 2.05) is 0 Å². The highest BCUT2D eigenvalue weighted by Gasteiger charge is 2.71. The lowest BCUT2D eigenvalue weighted by Crippen LogP contribution is -2.75. The van der Waals surface area contributed by atoms with Crippen LogP contribution in [0.3, 0.4) is 0 Å². The van der Waals surface area contributed by atoms with Crippen LogP contribution < -0.4 is 0 Å². The van der Waals surface area contributed by atoms with Gasteiger partial charge in [-0.2, -0.15) is 0 Å². The quantitative estimate of drug-likeness (QED) is 0.0516. The summed E-state index contributed by atoms with van der Waals surface area (Å²) in [5.41, 5.74) is 1.61. The van der Waals surface area contributed by atoms with E-state index < -0.39 is 241 Å². The third kappa shape index (κ3) is 65.9. The third-order valence-corrected chi connectivity index (χ3v) is 93.1. The molecule has 0 fully saturated rings. The molecule has 0 heterocycles. The van der Waals surface area contributed by atoms with Gasteiger partial charge in [0.1, 0.15) is 31.5 Å². The zero-order chi connectivity index (χ0) is 95.0. The van der Waals surface area contributed by atoms with Crippen LogP contribution in [-0.2, 0) is 98.8 Å². The summed E-state index contributed by atoms with van der Waals surface area (Å²) < 4.78 is 162. The summed E-state index contributed by atoms with van der Waals surface area (Å²) >= 11 is 0. The van der Waals surface area contributed by atoms with Gasteiger partial charge in [-0.05, 0) is 374 Å². The van der Waals surface area contributed by atoms with Crippen LogP contribution in [0.1, 0.15) is 0 Å². The summed E-state index contributed by atoms with van der Waals surface area (Å²) in [5.74, 6) is 0. The highest BCUT2D eigenvalue weighted by molar-refractivity contribution is 7.02. The molecule has 0 radical (unpaired) electrons. The Hall–Kier alpha value is 4.72. The van der Waals surface area contributed by atoms with E-state index in [2.05, 4.69) is 380 Å². The second-order valence-electron chi connectivity index (χ2n) is 47.3. The van der Waals surface area contributed by atoms with E-state index in [1.165, 1.54) is 0 Å². The van der Waals surface area contributed by atoms with Crippen molar-refractivity contribution in [3.8, 4) is 0 Å². The maximum absolute atomic E-state index is 7.54. The molecule has 0 unspecified atom stereocenters. The van der Waals surface area contributed by atoms with Crippen LogP contribution in [0.2, 0.25) is 354 Å². The van der Waals surface area contributed by atoms with Gasteiger partial charge in [0, 0.05) is 0 Å². The van der Waals surface area contributed by atoms with E-state index in [-0.39, 0.29) is 0 Å². The molecule has 0 atom stereocenters. The van der Waals surface area contributed by atoms with Crippen LogP contribution in [0.15, 0.2) is 46.5 Å². The largest absolute Gasteiger partial charge is 0.640 e. The molecule has 0 aromatic carbocycles. The van der Waals surface area contributed by atoms with Crippen molar-refractivity contribution in [2.45, 2.75) is 354 Å². The van der Waals surface area contributed by atoms with Crippen molar-refractivity contribution < 1.29 is 98.8 Å². The zero-order valence-corrected chi connectivity index (χ0v) is 122. The smallest absolute Gasteiger partial charge is 0.465 e. The molecule has 55 heteroatoms. The fourth-order valence-electron chi connectivity index (χ4n) is 9.71. The Morgan fingerprint density at radius 3 is 0.342 bits per heavy atom. The van der Waals surface area contributed by atoms with Gasteiger partial charge < -0.3 is 98.8 Å². The third-order valence-electron chi connectivity index (χ3n) is 11.2. The Morgan fingerprint density at radius 2 is 0.274 bits per heavy atom. The highest BCUT2D eigenvalue weighted by Crippen LogP contribution is 2.41. The monoisotopic (exact) mass is 2180 g/mol. The minimum atomic E-state index is -4.55. The van der Waals surface area contributed by atoms with E-state index in [9.17, 15) is 0 Å². The molecular weight excluding hydrogens is 2000 g/mol. The van der Waals surface area contributed by atoms with Gasteiger partial charge in [-0.3, -0.25) is 0 Å². The molecule has 24 nitrogen and oxygen atoms in total. The minimum absolute atomic E-state index is 0.736. The SMILES string of the molecule is C=C([SiH2]O[SiH3])[Si](O[Si](C)(C)C)(O[Si](C)(C)C)O[Si](C)(C)C.C=C([SiH2]O[SiH3])[Si](O[Si](C)(C)C)(O[Si](C)(C)C)O[Si](C)(C)C.C=C([SiH2]O[SiH3])[Si](O[Si](C)(C)C)(O[Si](C)(C)C)O[Si](C)(C)C.C=C[Si](O[Si](O[Si](C)(C)C)(O[Si](C)(C)C)O[Si](C)(C)C)(O[Si](O[Si](C)(C)C)(O[Si](C)(C)C)O[Si](C)(C)C)O[Si](O[Si](C)(C)C)(O[Si](C)(C)C)O[Si](C)(C)C. The van der Waals surface area contributed by atoms with E-state index in [1.54, 1.807) is 5.70 Å². The fourth-order valence-corrected chi connectivity index (χ4v) is 108. The second-order valence-corrected chi connectivity index (χ2v) is 163.